The maximum atomic E-state index is 13.2. The highest BCUT2D eigenvalue weighted by atomic mass is 16.1. The molecule has 2 heterocycles. The highest BCUT2D eigenvalue weighted by Gasteiger charge is 2.12. The quantitative estimate of drug-likeness (QED) is 0.560. The van der Waals surface area contributed by atoms with Crippen molar-refractivity contribution in [3.05, 3.63) is 100 Å². The van der Waals surface area contributed by atoms with E-state index in [1.165, 1.54) is 0 Å². The molecule has 0 amide bonds. The van der Waals surface area contributed by atoms with Crippen LogP contribution in [0.2, 0.25) is 0 Å². The summed E-state index contributed by atoms with van der Waals surface area (Å²) < 4.78 is 1.65. The molecule has 0 bridgehead atoms. The van der Waals surface area contributed by atoms with Gasteiger partial charge in [-0.05, 0) is 42.3 Å². The molecule has 4 aromatic rings. The van der Waals surface area contributed by atoms with Gasteiger partial charge in [0.2, 0.25) is 0 Å². The van der Waals surface area contributed by atoms with E-state index < -0.39 is 0 Å². The molecule has 0 N–H and O–H groups in total. The van der Waals surface area contributed by atoms with Crippen LogP contribution in [0.1, 0.15) is 17.0 Å². The first kappa shape index (κ1) is 16.0. The van der Waals surface area contributed by atoms with E-state index in [2.05, 4.69) is 9.97 Å². The summed E-state index contributed by atoms with van der Waals surface area (Å²) in [5.74, 6) is 0.555. The van der Waals surface area contributed by atoms with E-state index in [0.29, 0.717) is 16.9 Å². The molecule has 4 rings (SSSR count). The number of aryl methyl sites for hydroxylation is 1. The second-order valence-corrected chi connectivity index (χ2v) is 6.02. The van der Waals surface area contributed by atoms with Crippen molar-refractivity contribution in [3.63, 3.8) is 0 Å². The van der Waals surface area contributed by atoms with Crippen LogP contribution in [0.3, 0.4) is 0 Å². The minimum absolute atomic E-state index is 0.120. The predicted molar refractivity (Wildman–Crippen MR) is 105 cm³/mol. The lowest BCUT2D eigenvalue weighted by molar-refractivity contribution is 0.928. The fourth-order valence-corrected chi connectivity index (χ4v) is 2.93. The number of rotatable bonds is 3. The second kappa shape index (κ2) is 6.76. The lowest BCUT2D eigenvalue weighted by Gasteiger charge is -2.13. The zero-order valence-electron chi connectivity index (χ0n) is 14.3. The number of benzene rings is 2. The number of nitrogens with zero attached hydrogens (tertiary/aromatic N) is 3. The van der Waals surface area contributed by atoms with Crippen LogP contribution < -0.4 is 5.56 Å². The Labute approximate surface area is 151 Å². The molecule has 0 atom stereocenters. The third kappa shape index (κ3) is 2.93. The Morgan fingerprint density at radius 3 is 2.46 bits per heavy atom. The van der Waals surface area contributed by atoms with Gasteiger partial charge in [-0.25, -0.2) is 9.97 Å². The molecule has 126 valence electrons. The lowest BCUT2D eigenvalue weighted by atomic mass is 10.1. The summed E-state index contributed by atoms with van der Waals surface area (Å²) in [6.45, 7) is 1.99. The van der Waals surface area contributed by atoms with Crippen LogP contribution in [0.4, 0.5) is 0 Å². The first-order valence-corrected chi connectivity index (χ1v) is 8.41. The van der Waals surface area contributed by atoms with E-state index in [4.69, 9.17) is 0 Å². The Hall–Kier alpha value is -3.53. The lowest BCUT2D eigenvalue weighted by Crippen LogP contribution is -2.23. The van der Waals surface area contributed by atoms with Gasteiger partial charge in [-0.15, -0.1) is 0 Å². The molecule has 0 saturated heterocycles. The molecular formula is C22H17N3O. The van der Waals surface area contributed by atoms with Crippen molar-refractivity contribution >= 4 is 23.2 Å². The summed E-state index contributed by atoms with van der Waals surface area (Å²) in [5.41, 5.74) is 3.21. The summed E-state index contributed by atoms with van der Waals surface area (Å²) in [4.78, 5) is 22.1. The Kier molecular flexibility index (Phi) is 4.15. The number of para-hydroxylation sites is 1. The standard InChI is InChI=1S/C22H17N3O/c1-16-8-5-6-12-19(16)25-20(14-13-17-9-3-2-4-10-17)24-21-18(22(25)26)11-7-15-23-21/h2-15H,1H3/b14-13+. The van der Waals surface area contributed by atoms with E-state index in [-0.39, 0.29) is 5.56 Å². The van der Waals surface area contributed by atoms with Gasteiger partial charge >= 0.3 is 0 Å². The van der Waals surface area contributed by atoms with Gasteiger partial charge in [0, 0.05) is 6.20 Å². The van der Waals surface area contributed by atoms with Gasteiger partial charge in [-0.3, -0.25) is 9.36 Å². The maximum Gasteiger partial charge on any atom is 0.267 e. The predicted octanol–water partition coefficient (Wildman–Crippen LogP) is 4.26. The summed E-state index contributed by atoms with van der Waals surface area (Å²) in [6, 6.07) is 21.3. The third-order valence-electron chi connectivity index (χ3n) is 4.25. The Balaban J connectivity index is 1.99. The molecule has 0 aliphatic carbocycles. The molecule has 4 nitrogen and oxygen atoms in total. The monoisotopic (exact) mass is 339 g/mol. The van der Waals surface area contributed by atoms with E-state index in [1.807, 2.05) is 73.7 Å². The molecule has 26 heavy (non-hydrogen) atoms. The molecular weight excluding hydrogens is 322 g/mol. The van der Waals surface area contributed by atoms with Crippen molar-refractivity contribution < 1.29 is 0 Å². The van der Waals surface area contributed by atoms with E-state index in [9.17, 15) is 4.79 Å². The van der Waals surface area contributed by atoms with E-state index in [0.717, 1.165) is 16.8 Å². The van der Waals surface area contributed by atoms with Gasteiger partial charge in [0.15, 0.2) is 5.65 Å². The van der Waals surface area contributed by atoms with Gasteiger partial charge in [0.05, 0.1) is 11.1 Å². The molecule has 4 heteroatoms. The summed E-state index contributed by atoms with van der Waals surface area (Å²) in [7, 11) is 0. The van der Waals surface area contributed by atoms with E-state index in [1.54, 1.807) is 22.9 Å². The highest BCUT2D eigenvalue weighted by molar-refractivity contribution is 5.77. The van der Waals surface area contributed by atoms with Crippen LogP contribution in [0.15, 0.2) is 77.7 Å². The SMILES string of the molecule is Cc1ccccc1-n1c(/C=C/c2ccccc2)nc2ncccc2c1=O. The third-order valence-corrected chi connectivity index (χ3v) is 4.25. The largest absolute Gasteiger partial charge is 0.268 e. The summed E-state index contributed by atoms with van der Waals surface area (Å²) >= 11 is 0. The van der Waals surface area contributed by atoms with Crippen LogP contribution in [-0.2, 0) is 0 Å². The maximum absolute atomic E-state index is 13.2. The number of pyridine rings is 1. The molecule has 0 fully saturated rings. The fraction of sp³-hybridized carbons (Fsp3) is 0.0455. The zero-order chi connectivity index (χ0) is 17.9. The van der Waals surface area contributed by atoms with Crippen molar-refractivity contribution in [2.24, 2.45) is 0 Å². The number of fused-ring (bicyclic) bond motifs is 1. The highest BCUT2D eigenvalue weighted by Crippen LogP contribution is 2.17. The molecule has 0 saturated carbocycles. The average molecular weight is 339 g/mol. The van der Waals surface area contributed by atoms with Crippen LogP contribution in [0.5, 0.6) is 0 Å². The molecule has 0 spiro atoms. The summed E-state index contributed by atoms with van der Waals surface area (Å²) in [5, 5.41) is 0.507. The zero-order valence-corrected chi connectivity index (χ0v) is 14.3. The van der Waals surface area contributed by atoms with Gasteiger partial charge < -0.3 is 0 Å². The van der Waals surface area contributed by atoms with Crippen molar-refractivity contribution in [2.45, 2.75) is 6.92 Å². The van der Waals surface area contributed by atoms with Crippen LogP contribution in [-0.4, -0.2) is 14.5 Å². The summed E-state index contributed by atoms with van der Waals surface area (Å²) in [6.07, 6.45) is 5.46. The van der Waals surface area contributed by atoms with Gasteiger partial charge in [0.25, 0.3) is 5.56 Å². The van der Waals surface area contributed by atoms with Crippen molar-refractivity contribution in [2.75, 3.05) is 0 Å². The Morgan fingerprint density at radius 2 is 1.65 bits per heavy atom. The molecule has 0 radical (unpaired) electrons. The van der Waals surface area contributed by atoms with Gasteiger partial charge in [-0.1, -0.05) is 54.6 Å². The first-order chi connectivity index (χ1) is 12.7. The van der Waals surface area contributed by atoms with Crippen LogP contribution >= 0.6 is 0 Å². The number of hydrogen-bond acceptors (Lipinski definition) is 3. The van der Waals surface area contributed by atoms with Gasteiger partial charge in [0.1, 0.15) is 5.82 Å². The molecule has 2 aromatic carbocycles. The first-order valence-electron chi connectivity index (χ1n) is 8.41. The van der Waals surface area contributed by atoms with Crippen LogP contribution in [0.25, 0.3) is 28.9 Å². The minimum atomic E-state index is -0.120. The molecule has 0 aliphatic heterocycles. The Morgan fingerprint density at radius 1 is 0.885 bits per heavy atom. The minimum Gasteiger partial charge on any atom is -0.268 e. The van der Waals surface area contributed by atoms with Crippen LogP contribution in [0, 0.1) is 6.92 Å². The smallest absolute Gasteiger partial charge is 0.267 e. The fourth-order valence-electron chi connectivity index (χ4n) is 2.93. The Bertz CT molecular complexity index is 1160. The normalized spacial score (nSPS) is 11.3. The number of hydrogen-bond donors (Lipinski definition) is 0. The molecule has 0 aliphatic rings. The van der Waals surface area contributed by atoms with Crippen molar-refractivity contribution in [1.29, 1.82) is 0 Å². The van der Waals surface area contributed by atoms with Crippen molar-refractivity contribution in [3.8, 4) is 5.69 Å². The second-order valence-electron chi connectivity index (χ2n) is 6.02. The molecule has 2 aromatic heterocycles. The van der Waals surface area contributed by atoms with Gasteiger partial charge in [-0.2, -0.15) is 0 Å². The topological polar surface area (TPSA) is 47.8 Å². The van der Waals surface area contributed by atoms with Crippen molar-refractivity contribution in [1.82, 2.24) is 14.5 Å². The molecule has 0 unspecified atom stereocenters. The number of aromatic nitrogens is 3. The average Bonchev–Trinajstić information content (AvgIpc) is 2.68. The van der Waals surface area contributed by atoms with E-state index >= 15 is 0 Å².